The maximum absolute atomic E-state index is 12.3. The monoisotopic (exact) mass is 377 g/mol. The number of aliphatic hydroxyl groups excluding tert-OH is 1. The van der Waals surface area contributed by atoms with Gasteiger partial charge in [0.25, 0.3) is 5.91 Å². The molecule has 4 N–H and O–H groups in total. The normalized spacial score (nSPS) is 22.2. The van der Waals surface area contributed by atoms with Crippen LogP contribution in [0.15, 0.2) is 30.9 Å². The van der Waals surface area contributed by atoms with Gasteiger partial charge in [-0.05, 0) is 25.0 Å². The van der Waals surface area contributed by atoms with Crippen molar-refractivity contribution in [2.24, 2.45) is 5.92 Å². The van der Waals surface area contributed by atoms with Crippen molar-refractivity contribution in [3.63, 3.8) is 0 Å². The summed E-state index contributed by atoms with van der Waals surface area (Å²) >= 11 is 5.75. The first-order chi connectivity index (χ1) is 12.5. The van der Waals surface area contributed by atoms with Gasteiger partial charge in [-0.3, -0.25) is 9.59 Å². The quantitative estimate of drug-likeness (QED) is 0.590. The molecule has 1 aliphatic carbocycles. The molecule has 0 saturated heterocycles. The van der Waals surface area contributed by atoms with Gasteiger partial charge < -0.3 is 20.7 Å². The highest BCUT2D eigenvalue weighted by Crippen LogP contribution is 2.26. The molecule has 9 heteroatoms. The van der Waals surface area contributed by atoms with Gasteiger partial charge in [0.05, 0.1) is 23.5 Å². The number of nitrogens with zero attached hydrogens (tertiary/aromatic N) is 2. The van der Waals surface area contributed by atoms with Gasteiger partial charge in [-0.1, -0.05) is 11.6 Å². The number of aromatic nitrogens is 3. The lowest BCUT2D eigenvalue weighted by atomic mass is 10.1. The van der Waals surface area contributed by atoms with E-state index in [0.717, 1.165) is 5.69 Å². The first-order valence-electron chi connectivity index (χ1n) is 8.38. The molecule has 2 heterocycles. The number of rotatable bonds is 6. The van der Waals surface area contributed by atoms with Gasteiger partial charge in [-0.2, -0.15) is 0 Å². The largest absolute Gasteiger partial charge is 0.391 e. The maximum Gasteiger partial charge on any atom is 0.270 e. The molecule has 2 aromatic heterocycles. The standard InChI is InChI=1S/C17H20ClN5O3/c18-11-1-2-13(21-7-11)17(26)23-14-5-10(6-15(14)24)16(25)20-4-3-12-8-19-9-22-12/h1-2,7-10,14-15,24H,3-6H2,(H,19,22)(H,20,25)(H,23,26)/t10-,14+,15+/m0/s1. The molecule has 0 radical (unpaired) electrons. The highest BCUT2D eigenvalue weighted by Gasteiger charge is 2.37. The van der Waals surface area contributed by atoms with Crippen molar-refractivity contribution in [3.05, 3.63) is 47.3 Å². The third-order valence-corrected chi connectivity index (χ3v) is 4.65. The summed E-state index contributed by atoms with van der Waals surface area (Å²) in [5.74, 6) is -0.855. The van der Waals surface area contributed by atoms with Crippen molar-refractivity contribution < 1.29 is 14.7 Å². The minimum atomic E-state index is -0.769. The highest BCUT2D eigenvalue weighted by atomic mass is 35.5. The van der Waals surface area contributed by atoms with Gasteiger partial charge in [0.2, 0.25) is 5.91 Å². The average molecular weight is 378 g/mol. The second-order valence-corrected chi connectivity index (χ2v) is 6.73. The van der Waals surface area contributed by atoms with Crippen LogP contribution in [-0.2, 0) is 11.2 Å². The number of carbonyl (C=O) groups excluding carboxylic acids is 2. The Hall–Kier alpha value is -2.45. The number of H-pyrrole nitrogens is 1. The lowest BCUT2D eigenvalue weighted by Crippen LogP contribution is -2.40. The second kappa shape index (κ2) is 8.29. The summed E-state index contributed by atoms with van der Waals surface area (Å²) in [7, 11) is 0. The van der Waals surface area contributed by atoms with E-state index in [2.05, 4.69) is 25.6 Å². The van der Waals surface area contributed by atoms with Crippen LogP contribution in [0.25, 0.3) is 0 Å². The first kappa shape index (κ1) is 18.3. The Morgan fingerprint density at radius 1 is 1.31 bits per heavy atom. The number of halogens is 1. The molecule has 138 valence electrons. The fraction of sp³-hybridized carbons (Fsp3) is 0.412. The predicted octanol–water partition coefficient (Wildman–Crippen LogP) is 0.686. The maximum atomic E-state index is 12.3. The number of aliphatic hydroxyl groups is 1. The van der Waals surface area contributed by atoms with E-state index < -0.39 is 18.1 Å². The smallest absolute Gasteiger partial charge is 0.270 e. The van der Waals surface area contributed by atoms with Crippen LogP contribution >= 0.6 is 11.6 Å². The summed E-state index contributed by atoms with van der Waals surface area (Å²) < 4.78 is 0. The van der Waals surface area contributed by atoms with Crippen molar-refractivity contribution in [2.45, 2.75) is 31.4 Å². The summed E-state index contributed by atoms with van der Waals surface area (Å²) in [4.78, 5) is 35.3. The molecule has 2 amide bonds. The molecular formula is C17H20ClN5O3. The number of aromatic amines is 1. The third-order valence-electron chi connectivity index (χ3n) is 4.42. The Balaban J connectivity index is 1.48. The molecule has 0 aliphatic heterocycles. The van der Waals surface area contributed by atoms with Crippen LogP contribution in [0.4, 0.5) is 0 Å². The van der Waals surface area contributed by atoms with Crippen molar-refractivity contribution in [2.75, 3.05) is 6.54 Å². The Morgan fingerprint density at radius 3 is 2.85 bits per heavy atom. The zero-order valence-corrected chi connectivity index (χ0v) is 14.7. The summed E-state index contributed by atoms with van der Waals surface area (Å²) in [5.41, 5.74) is 1.16. The molecule has 2 aromatic rings. The molecule has 0 spiro atoms. The molecule has 1 aliphatic rings. The predicted molar refractivity (Wildman–Crippen MR) is 94.5 cm³/mol. The second-order valence-electron chi connectivity index (χ2n) is 6.30. The number of pyridine rings is 1. The Bertz CT molecular complexity index is 750. The topological polar surface area (TPSA) is 120 Å². The number of nitrogens with one attached hydrogen (secondary N) is 3. The number of amides is 2. The van der Waals surface area contributed by atoms with Crippen LogP contribution < -0.4 is 10.6 Å². The van der Waals surface area contributed by atoms with Gasteiger partial charge in [0.1, 0.15) is 5.69 Å². The van der Waals surface area contributed by atoms with Gasteiger partial charge >= 0.3 is 0 Å². The molecule has 1 saturated carbocycles. The Kier molecular flexibility index (Phi) is 5.85. The number of imidazole rings is 1. The summed E-state index contributed by atoms with van der Waals surface area (Å²) in [5, 5.41) is 16.2. The van der Waals surface area contributed by atoms with Gasteiger partial charge in [-0.15, -0.1) is 0 Å². The highest BCUT2D eigenvalue weighted by molar-refractivity contribution is 6.30. The molecule has 0 unspecified atom stereocenters. The molecule has 0 bridgehead atoms. The van der Waals surface area contributed by atoms with Crippen molar-refractivity contribution in [1.29, 1.82) is 0 Å². The average Bonchev–Trinajstić information content (AvgIpc) is 3.26. The van der Waals surface area contributed by atoms with Crippen LogP contribution in [0, 0.1) is 5.92 Å². The van der Waals surface area contributed by atoms with E-state index in [4.69, 9.17) is 11.6 Å². The van der Waals surface area contributed by atoms with Crippen molar-refractivity contribution in [1.82, 2.24) is 25.6 Å². The zero-order chi connectivity index (χ0) is 18.5. The van der Waals surface area contributed by atoms with E-state index in [1.165, 1.54) is 12.3 Å². The van der Waals surface area contributed by atoms with Gasteiger partial charge in [-0.25, -0.2) is 9.97 Å². The Morgan fingerprint density at radius 2 is 2.15 bits per heavy atom. The van der Waals surface area contributed by atoms with E-state index in [0.29, 0.717) is 30.8 Å². The number of hydrogen-bond acceptors (Lipinski definition) is 5. The number of hydrogen-bond donors (Lipinski definition) is 4. The first-order valence-corrected chi connectivity index (χ1v) is 8.76. The van der Waals surface area contributed by atoms with E-state index >= 15 is 0 Å². The van der Waals surface area contributed by atoms with E-state index in [1.807, 2.05) is 0 Å². The van der Waals surface area contributed by atoms with Crippen LogP contribution in [0.1, 0.15) is 29.0 Å². The molecule has 3 atom stereocenters. The van der Waals surface area contributed by atoms with Crippen molar-refractivity contribution in [3.8, 4) is 0 Å². The molecule has 0 aromatic carbocycles. The molecule has 1 fully saturated rings. The molecular weight excluding hydrogens is 358 g/mol. The summed E-state index contributed by atoms with van der Waals surface area (Å²) in [6.45, 7) is 0.485. The summed E-state index contributed by atoms with van der Waals surface area (Å²) in [6, 6.07) is 2.60. The van der Waals surface area contributed by atoms with Gasteiger partial charge in [0.15, 0.2) is 0 Å². The van der Waals surface area contributed by atoms with Crippen LogP contribution in [-0.4, -0.2) is 50.6 Å². The van der Waals surface area contributed by atoms with Crippen LogP contribution in [0.2, 0.25) is 5.02 Å². The zero-order valence-electron chi connectivity index (χ0n) is 14.0. The molecule has 26 heavy (non-hydrogen) atoms. The lowest BCUT2D eigenvalue weighted by Gasteiger charge is -2.16. The van der Waals surface area contributed by atoms with Gasteiger partial charge in [0, 0.05) is 37.0 Å². The van der Waals surface area contributed by atoms with Crippen molar-refractivity contribution >= 4 is 23.4 Å². The van der Waals surface area contributed by atoms with Crippen LogP contribution in [0.5, 0.6) is 0 Å². The lowest BCUT2D eigenvalue weighted by molar-refractivity contribution is -0.125. The van der Waals surface area contributed by atoms with E-state index in [9.17, 15) is 14.7 Å². The minimum absolute atomic E-state index is 0.120. The molecule has 3 rings (SSSR count). The number of carbonyl (C=O) groups is 2. The fourth-order valence-electron chi connectivity index (χ4n) is 3.02. The third kappa shape index (κ3) is 4.59. The summed E-state index contributed by atoms with van der Waals surface area (Å²) in [6.07, 6.45) is 5.27. The SMILES string of the molecule is O=C(N[C@@H]1C[C@H](C(=O)NCCc2cnc[nH]2)C[C@H]1O)c1ccc(Cl)cn1. The minimum Gasteiger partial charge on any atom is -0.391 e. The van der Waals surface area contributed by atoms with E-state index in [1.54, 1.807) is 18.6 Å². The fourth-order valence-corrected chi connectivity index (χ4v) is 3.14. The molecule has 8 nitrogen and oxygen atoms in total. The van der Waals surface area contributed by atoms with Crippen LogP contribution in [0.3, 0.4) is 0 Å². The Labute approximate surface area is 155 Å². The van der Waals surface area contributed by atoms with E-state index in [-0.39, 0.29) is 17.5 Å².